The lowest BCUT2D eigenvalue weighted by Crippen LogP contribution is -2.50. The summed E-state index contributed by atoms with van der Waals surface area (Å²) in [4.78, 5) is 27.1. The predicted molar refractivity (Wildman–Crippen MR) is 99.9 cm³/mol. The second-order valence-corrected chi connectivity index (χ2v) is 6.26. The van der Waals surface area contributed by atoms with E-state index in [0.717, 1.165) is 23.5 Å². The van der Waals surface area contributed by atoms with Crippen molar-refractivity contribution in [2.75, 3.05) is 41.7 Å². The molecule has 1 heterocycles. The fraction of sp³-hybridized carbons (Fsp3) is 0.263. The lowest BCUT2D eigenvalue weighted by molar-refractivity contribution is -0.114. The Balaban J connectivity index is 1.55. The molecule has 0 saturated carbocycles. The molecule has 0 spiro atoms. The number of nitrogens with zero attached hydrogens (tertiary/aromatic N) is 2. The van der Waals surface area contributed by atoms with Crippen molar-refractivity contribution >= 4 is 29.0 Å². The molecule has 3 amide bonds. The molecule has 142 valence electrons. The molecule has 1 aliphatic rings. The van der Waals surface area contributed by atoms with Crippen molar-refractivity contribution in [2.24, 2.45) is 0 Å². The molecule has 0 aliphatic carbocycles. The van der Waals surface area contributed by atoms with Crippen molar-refractivity contribution in [1.82, 2.24) is 4.90 Å². The van der Waals surface area contributed by atoms with Gasteiger partial charge in [-0.15, -0.1) is 0 Å². The van der Waals surface area contributed by atoms with Crippen LogP contribution in [0.1, 0.15) is 6.92 Å². The van der Waals surface area contributed by atoms with Crippen molar-refractivity contribution < 1.29 is 18.4 Å². The molecule has 0 radical (unpaired) electrons. The van der Waals surface area contributed by atoms with Gasteiger partial charge in [0, 0.05) is 50.5 Å². The number of urea groups is 1. The molecule has 0 unspecified atom stereocenters. The van der Waals surface area contributed by atoms with E-state index in [1.54, 1.807) is 4.90 Å². The van der Waals surface area contributed by atoms with Gasteiger partial charge in [-0.2, -0.15) is 0 Å². The van der Waals surface area contributed by atoms with Crippen LogP contribution in [0.3, 0.4) is 0 Å². The van der Waals surface area contributed by atoms with Crippen LogP contribution in [0.5, 0.6) is 0 Å². The van der Waals surface area contributed by atoms with Crippen LogP contribution in [0.15, 0.2) is 42.5 Å². The fourth-order valence-electron chi connectivity index (χ4n) is 2.91. The molecule has 8 heteroatoms. The van der Waals surface area contributed by atoms with E-state index < -0.39 is 17.7 Å². The van der Waals surface area contributed by atoms with E-state index in [9.17, 15) is 18.4 Å². The molecule has 1 fully saturated rings. The highest BCUT2D eigenvalue weighted by Crippen LogP contribution is 2.20. The largest absolute Gasteiger partial charge is 0.368 e. The third kappa shape index (κ3) is 4.72. The maximum Gasteiger partial charge on any atom is 0.322 e. The average molecular weight is 374 g/mol. The van der Waals surface area contributed by atoms with Gasteiger partial charge < -0.3 is 20.4 Å². The minimum Gasteiger partial charge on any atom is -0.368 e. The smallest absolute Gasteiger partial charge is 0.322 e. The number of piperazine rings is 1. The summed E-state index contributed by atoms with van der Waals surface area (Å²) in [5, 5.41) is 5.19. The zero-order chi connectivity index (χ0) is 19.4. The number of halogens is 2. The lowest BCUT2D eigenvalue weighted by atomic mass is 10.2. The van der Waals surface area contributed by atoms with Gasteiger partial charge in [-0.25, -0.2) is 13.6 Å². The number of amides is 3. The SMILES string of the molecule is CC(=O)Nc1ccc(N2CCN(C(=O)Nc3ccc(F)cc3F)CC2)cc1. The normalized spacial score (nSPS) is 14.0. The Hall–Kier alpha value is -3.16. The molecule has 2 aromatic rings. The topological polar surface area (TPSA) is 64.7 Å². The van der Waals surface area contributed by atoms with Crippen LogP contribution < -0.4 is 15.5 Å². The highest BCUT2D eigenvalue weighted by atomic mass is 19.1. The Bertz CT molecular complexity index is 834. The third-order valence-corrected chi connectivity index (χ3v) is 4.29. The molecule has 0 bridgehead atoms. The molecule has 3 rings (SSSR count). The van der Waals surface area contributed by atoms with Gasteiger partial charge in [-0.1, -0.05) is 0 Å². The summed E-state index contributed by atoms with van der Waals surface area (Å²) in [7, 11) is 0. The summed E-state index contributed by atoms with van der Waals surface area (Å²) in [6.07, 6.45) is 0. The molecule has 2 aromatic carbocycles. The van der Waals surface area contributed by atoms with Crippen molar-refractivity contribution in [2.45, 2.75) is 6.92 Å². The van der Waals surface area contributed by atoms with Crippen molar-refractivity contribution in [3.05, 3.63) is 54.1 Å². The monoisotopic (exact) mass is 374 g/mol. The van der Waals surface area contributed by atoms with Gasteiger partial charge in [0.2, 0.25) is 5.91 Å². The van der Waals surface area contributed by atoms with E-state index in [4.69, 9.17) is 0 Å². The molecule has 6 nitrogen and oxygen atoms in total. The molecule has 2 N–H and O–H groups in total. The highest BCUT2D eigenvalue weighted by molar-refractivity contribution is 5.90. The number of carbonyl (C=O) groups excluding carboxylic acids is 2. The van der Waals surface area contributed by atoms with E-state index in [1.807, 2.05) is 24.3 Å². The minimum absolute atomic E-state index is 0.0441. The summed E-state index contributed by atoms with van der Waals surface area (Å²) < 4.78 is 26.6. The third-order valence-electron chi connectivity index (χ3n) is 4.29. The first-order valence-electron chi connectivity index (χ1n) is 8.56. The Morgan fingerprint density at radius 2 is 1.59 bits per heavy atom. The highest BCUT2D eigenvalue weighted by Gasteiger charge is 2.22. The number of hydrogen-bond acceptors (Lipinski definition) is 3. The minimum atomic E-state index is -0.804. The summed E-state index contributed by atoms with van der Waals surface area (Å²) in [5.74, 6) is -1.62. The maximum atomic E-state index is 13.7. The molecule has 27 heavy (non-hydrogen) atoms. The van der Waals surface area contributed by atoms with E-state index in [1.165, 1.54) is 13.0 Å². The maximum absolute atomic E-state index is 13.7. The van der Waals surface area contributed by atoms with Gasteiger partial charge in [-0.05, 0) is 36.4 Å². The molecular weight excluding hydrogens is 354 g/mol. The second-order valence-electron chi connectivity index (χ2n) is 6.26. The Kier molecular flexibility index (Phi) is 5.54. The van der Waals surface area contributed by atoms with Gasteiger partial charge in [0.05, 0.1) is 5.69 Å². The quantitative estimate of drug-likeness (QED) is 0.867. The number of anilines is 3. The van der Waals surface area contributed by atoms with Gasteiger partial charge in [0.1, 0.15) is 11.6 Å². The molecule has 0 aromatic heterocycles. The van der Waals surface area contributed by atoms with E-state index in [2.05, 4.69) is 15.5 Å². The second kappa shape index (κ2) is 8.03. The number of hydrogen-bond donors (Lipinski definition) is 2. The first-order chi connectivity index (χ1) is 12.9. The van der Waals surface area contributed by atoms with E-state index >= 15 is 0 Å². The van der Waals surface area contributed by atoms with Crippen molar-refractivity contribution in [1.29, 1.82) is 0 Å². The van der Waals surface area contributed by atoms with Crippen molar-refractivity contribution in [3.8, 4) is 0 Å². The van der Waals surface area contributed by atoms with Crippen LogP contribution in [-0.4, -0.2) is 43.0 Å². The average Bonchev–Trinajstić information content (AvgIpc) is 2.64. The molecular formula is C19H20F2N4O2. The summed E-state index contributed by atoms with van der Waals surface area (Å²) in [6.45, 7) is 3.65. The van der Waals surface area contributed by atoms with Gasteiger partial charge in [0.25, 0.3) is 0 Å². The molecule has 1 aliphatic heterocycles. The first kappa shape index (κ1) is 18.6. The first-order valence-corrected chi connectivity index (χ1v) is 8.56. The summed E-state index contributed by atoms with van der Waals surface area (Å²) in [6, 6.07) is 10.1. The zero-order valence-electron chi connectivity index (χ0n) is 14.8. The lowest BCUT2D eigenvalue weighted by Gasteiger charge is -2.36. The number of rotatable bonds is 3. The fourth-order valence-corrected chi connectivity index (χ4v) is 2.91. The summed E-state index contributed by atoms with van der Waals surface area (Å²) >= 11 is 0. The molecule has 1 saturated heterocycles. The van der Waals surface area contributed by atoms with Crippen LogP contribution in [0.25, 0.3) is 0 Å². The van der Waals surface area contributed by atoms with Crippen LogP contribution >= 0.6 is 0 Å². The standard InChI is InChI=1S/C19H20F2N4O2/c1-13(26)22-15-3-5-16(6-4-15)24-8-10-25(11-9-24)19(27)23-18-7-2-14(20)12-17(18)21/h2-7,12H,8-11H2,1H3,(H,22,26)(H,23,27). The summed E-state index contributed by atoms with van der Waals surface area (Å²) in [5.41, 5.74) is 1.68. The Labute approximate surface area is 155 Å². The van der Waals surface area contributed by atoms with E-state index in [0.29, 0.717) is 26.2 Å². The van der Waals surface area contributed by atoms with Gasteiger partial charge in [-0.3, -0.25) is 4.79 Å². The Morgan fingerprint density at radius 1 is 0.926 bits per heavy atom. The van der Waals surface area contributed by atoms with Gasteiger partial charge in [0.15, 0.2) is 0 Å². The van der Waals surface area contributed by atoms with Crippen LogP contribution in [-0.2, 0) is 4.79 Å². The number of carbonyl (C=O) groups is 2. The van der Waals surface area contributed by atoms with Crippen LogP contribution in [0, 0.1) is 11.6 Å². The predicted octanol–water partition coefficient (Wildman–Crippen LogP) is 3.28. The Morgan fingerprint density at radius 3 is 2.19 bits per heavy atom. The molecule has 0 atom stereocenters. The van der Waals surface area contributed by atoms with Gasteiger partial charge >= 0.3 is 6.03 Å². The number of benzene rings is 2. The number of nitrogens with one attached hydrogen (secondary N) is 2. The van der Waals surface area contributed by atoms with Crippen LogP contribution in [0.2, 0.25) is 0 Å². The van der Waals surface area contributed by atoms with Crippen molar-refractivity contribution in [3.63, 3.8) is 0 Å². The zero-order valence-corrected chi connectivity index (χ0v) is 14.8. The van der Waals surface area contributed by atoms with E-state index in [-0.39, 0.29) is 11.6 Å². The van der Waals surface area contributed by atoms with Crippen LogP contribution in [0.4, 0.5) is 30.6 Å².